The number of benzene rings is 2. The maximum absolute atomic E-state index is 13.3. The van der Waals surface area contributed by atoms with Crippen LogP contribution in [0, 0.1) is 0 Å². The molecule has 7 heteroatoms. The van der Waals surface area contributed by atoms with Crippen molar-refractivity contribution in [3.05, 3.63) is 76.5 Å². The highest BCUT2D eigenvalue weighted by Crippen LogP contribution is 2.38. The summed E-state index contributed by atoms with van der Waals surface area (Å²) in [4.78, 5) is 16.3. The van der Waals surface area contributed by atoms with Crippen molar-refractivity contribution in [2.24, 2.45) is 5.10 Å². The number of amides is 1. The molecule has 0 saturated heterocycles. The molecule has 1 aliphatic heterocycles. The molecule has 6 nitrogen and oxygen atoms in total. The van der Waals surface area contributed by atoms with Crippen LogP contribution in [0.2, 0.25) is 0 Å². The zero-order valence-corrected chi connectivity index (χ0v) is 18.6. The van der Waals surface area contributed by atoms with Gasteiger partial charge in [-0.1, -0.05) is 30.3 Å². The lowest BCUT2D eigenvalue weighted by atomic mass is 10.0. The molecule has 1 aliphatic rings. The van der Waals surface area contributed by atoms with E-state index in [1.165, 1.54) is 0 Å². The van der Waals surface area contributed by atoms with Crippen molar-refractivity contribution in [3.63, 3.8) is 0 Å². The van der Waals surface area contributed by atoms with Crippen LogP contribution in [-0.2, 0) is 4.79 Å². The summed E-state index contributed by atoms with van der Waals surface area (Å²) in [6.07, 6.45) is 0.650. The van der Waals surface area contributed by atoms with E-state index in [1.54, 1.807) is 30.6 Å². The zero-order chi connectivity index (χ0) is 21.8. The lowest BCUT2D eigenvalue weighted by molar-refractivity contribution is -0.131. The van der Waals surface area contributed by atoms with Gasteiger partial charge in [-0.25, -0.2) is 5.01 Å². The van der Waals surface area contributed by atoms with Gasteiger partial charge in [-0.2, -0.15) is 5.10 Å². The van der Waals surface area contributed by atoms with Gasteiger partial charge in [0.05, 0.1) is 37.4 Å². The number of hydrogen-bond acceptors (Lipinski definition) is 6. The molecule has 2 aromatic carbocycles. The van der Waals surface area contributed by atoms with Crippen molar-refractivity contribution in [2.75, 3.05) is 32.7 Å². The van der Waals surface area contributed by atoms with Gasteiger partial charge in [-0.15, -0.1) is 11.3 Å². The number of hydrogen-bond donors (Lipinski definition) is 0. The number of rotatable bonds is 7. The molecule has 31 heavy (non-hydrogen) atoms. The lowest BCUT2D eigenvalue weighted by Gasteiger charge is -2.26. The average Bonchev–Trinajstić information content (AvgIpc) is 3.49. The summed E-state index contributed by atoms with van der Waals surface area (Å²) in [5.41, 5.74) is 2.87. The number of thiophene rings is 1. The number of methoxy groups -OCH3 is 2. The van der Waals surface area contributed by atoms with Gasteiger partial charge in [0.15, 0.2) is 11.5 Å². The van der Waals surface area contributed by atoms with E-state index in [0.29, 0.717) is 17.9 Å². The molecule has 0 N–H and O–H groups in total. The van der Waals surface area contributed by atoms with Crippen LogP contribution < -0.4 is 14.4 Å². The Morgan fingerprint density at radius 1 is 1.10 bits per heavy atom. The summed E-state index contributed by atoms with van der Waals surface area (Å²) >= 11 is 1.63. The van der Waals surface area contributed by atoms with E-state index in [2.05, 4.69) is 0 Å². The van der Waals surface area contributed by atoms with E-state index in [-0.39, 0.29) is 18.5 Å². The minimum atomic E-state index is -0.200. The third kappa shape index (κ3) is 4.41. The minimum absolute atomic E-state index is 0.0577. The highest BCUT2D eigenvalue weighted by molar-refractivity contribution is 7.12. The van der Waals surface area contributed by atoms with Gasteiger partial charge in [-0.3, -0.25) is 4.79 Å². The molecule has 0 radical (unpaired) electrons. The molecule has 1 aromatic heterocycles. The highest BCUT2D eigenvalue weighted by Gasteiger charge is 2.34. The molecule has 0 fully saturated rings. The van der Waals surface area contributed by atoms with Crippen molar-refractivity contribution >= 4 is 28.6 Å². The molecule has 160 valence electrons. The van der Waals surface area contributed by atoms with Gasteiger partial charge in [0.1, 0.15) is 0 Å². The Morgan fingerprint density at radius 2 is 1.87 bits per heavy atom. The van der Waals surface area contributed by atoms with E-state index in [4.69, 9.17) is 14.6 Å². The van der Waals surface area contributed by atoms with Crippen LogP contribution in [0.25, 0.3) is 0 Å². The maximum Gasteiger partial charge on any atom is 0.262 e. The van der Waals surface area contributed by atoms with Crippen molar-refractivity contribution in [1.29, 1.82) is 0 Å². The maximum atomic E-state index is 13.3. The summed E-state index contributed by atoms with van der Waals surface area (Å²) in [6.45, 7) is 0.231. The van der Waals surface area contributed by atoms with E-state index >= 15 is 0 Å². The number of likely N-dealkylation sites (N-methyl/N-ethyl adjacent to an activating group) is 1. The quantitative estimate of drug-likeness (QED) is 0.545. The molecule has 4 rings (SSSR count). The molecule has 0 aliphatic carbocycles. The predicted octanol–water partition coefficient (Wildman–Crippen LogP) is 4.58. The summed E-state index contributed by atoms with van der Waals surface area (Å²) in [5, 5.41) is 8.39. The first-order valence-corrected chi connectivity index (χ1v) is 10.9. The summed E-state index contributed by atoms with van der Waals surface area (Å²) in [7, 11) is 5.14. The summed E-state index contributed by atoms with van der Waals surface area (Å²) in [5.74, 6) is 1.24. The monoisotopic (exact) mass is 435 g/mol. The molecular weight excluding hydrogens is 410 g/mol. The largest absolute Gasteiger partial charge is 0.493 e. The first-order valence-electron chi connectivity index (χ1n) is 10.0. The summed E-state index contributed by atoms with van der Waals surface area (Å²) in [6, 6.07) is 19.5. The molecule has 0 bridgehead atoms. The molecule has 0 saturated carbocycles. The third-order valence-electron chi connectivity index (χ3n) is 5.33. The van der Waals surface area contributed by atoms with Crippen molar-refractivity contribution in [3.8, 4) is 11.5 Å². The van der Waals surface area contributed by atoms with E-state index < -0.39 is 0 Å². The average molecular weight is 436 g/mol. The summed E-state index contributed by atoms with van der Waals surface area (Å²) < 4.78 is 10.9. The smallest absolute Gasteiger partial charge is 0.262 e. The molecule has 2 heterocycles. The Labute approximate surface area is 186 Å². The second-order valence-corrected chi connectivity index (χ2v) is 8.24. The number of ether oxygens (including phenoxy) is 2. The van der Waals surface area contributed by atoms with Crippen LogP contribution in [0.15, 0.2) is 71.1 Å². The van der Waals surface area contributed by atoms with Crippen LogP contribution in [0.1, 0.15) is 22.9 Å². The Kier molecular flexibility index (Phi) is 6.23. The Balaban J connectivity index is 1.63. The van der Waals surface area contributed by atoms with Crippen LogP contribution in [0.5, 0.6) is 11.5 Å². The van der Waals surface area contributed by atoms with Gasteiger partial charge in [0.2, 0.25) is 0 Å². The third-order valence-corrected chi connectivity index (χ3v) is 6.25. The normalized spacial score (nSPS) is 15.5. The first kappa shape index (κ1) is 20.9. The van der Waals surface area contributed by atoms with E-state index in [0.717, 1.165) is 21.8 Å². The minimum Gasteiger partial charge on any atom is -0.493 e. The van der Waals surface area contributed by atoms with Crippen molar-refractivity contribution in [1.82, 2.24) is 5.01 Å². The van der Waals surface area contributed by atoms with Gasteiger partial charge in [-0.05, 0) is 41.3 Å². The highest BCUT2D eigenvalue weighted by atomic mass is 32.1. The van der Waals surface area contributed by atoms with E-state index in [1.807, 2.05) is 78.0 Å². The van der Waals surface area contributed by atoms with Gasteiger partial charge in [0.25, 0.3) is 5.91 Å². The van der Waals surface area contributed by atoms with Crippen molar-refractivity contribution < 1.29 is 14.3 Å². The predicted molar refractivity (Wildman–Crippen MR) is 124 cm³/mol. The second-order valence-electron chi connectivity index (χ2n) is 7.29. The lowest BCUT2D eigenvalue weighted by Crippen LogP contribution is -2.36. The second kappa shape index (κ2) is 9.22. The fourth-order valence-electron chi connectivity index (χ4n) is 3.70. The molecule has 0 spiro atoms. The molecule has 3 aromatic rings. The van der Waals surface area contributed by atoms with Crippen LogP contribution >= 0.6 is 11.3 Å². The van der Waals surface area contributed by atoms with Crippen LogP contribution in [0.3, 0.4) is 0 Å². The van der Waals surface area contributed by atoms with Gasteiger partial charge in [0, 0.05) is 19.2 Å². The Hall–Kier alpha value is -3.32. The van der Waals surface area contributed by atoms with Gasteiger partial charge < -0.3 is 14.4 Å². The molecule has 1 amide bonds. The number of hydrazone groups is 1. The number of anilines is 1. The van der Waals surface area contributed by atoms with Crippen LogP contribution in [0.4, 0.5) is 5.69 Å². The number of carbonyl (C=O) groups is 1. The van der Waals surface area contributed by atoms with E-state index in [9.17, 15) is 4.79 Å². The number of nitrogens with zero attached hydrogens (tertiary/aromatic N) is 3. The molecule has 0 unspecified atom stereocenters. The van der Waals surface area contributed by atoms with Gasteiger partial charge >= 0.3 is 0 Å². The standard InChI is InChI=1S/C24H25N3O3S/c1-26(18-8-5-4-6-9-18)16-24(28)27-20(15-19(25-27)23-10-7-13-31-23)17-11-12-21(29-2)22(14-17)30-3/h4-14,20H,15-16H2,1-3H3/t20-/m1/s1. The topological polar surface area (TPSA) is 54.4 Å². The Morgan fingerprint density at radius 3 is 2.55 bits per heavy atom. The molecular formula is C24H25N3O3S. The number of carbonyl (C=O) groups excluding carboxylic acids is 1. The number of para-hydroxylation sites is 1. The molecule has 1 atom stereocenters. The SMILES string of the molecule is COc1ccc([C@H]2CC(c3cccs3)=NN2C(=O)CN(C)c2ccccc2)cc1OC. The van der Waals surface area contributed by atoms with Crippen molar-refractivity contribution in [2.45, 2.75) is 12.5 Å². The fraction of sp³-hybridized carbons (Fsp3) is 0.250. The first-order chi connectivity index (χ1) is 15.1. The van der Waals surface area contributed by atoms with Crippen LogP contribution in [-0.4, -0.2) is 44.4 Å². The fourth-order valence-corrected chi connectivity index (χ4v) is 4.42. The zero-order valence-electron chi connectivity index (χ0n) is 17.8. The Bertz CT molecular complexity index is 1070.